The number of aromatic carboxylic acids is 1. The van der Waals surface area contributed by atoms with Crippen molar-refractivity contribution in [3.8, 4) is 0 Å². The van der Waals surface area contributed by atoms with Crippen LogP contribution in [0.4, 0.5) is 5.00 Å². The summed E-state index contributed by atoms with van der Waals surface area (Å²) in [6.07, 6.45) is 0. The first-order valence-corrected chi connectivity index (χ1v) is 6.22. The number of carboxylic acids is 1. The summed E-state index contributed by atoms with van der Waals surface area (Å²) < 4.78 is 0. The average Bonchev–Trinajstić information content (AvgIpc) is 2.77. The molecule has 0 radical (unpaired) electrons. The van der Waals surface area contributed by atoms with Crippen LogP contribution in [-0.4, -0.2) is 17.0 Å². The highest BCUT2D eigenvalue weighted by Crippen LogP contribution is 2.25. The lowest BCUT2D eigenvalue weighted by molar-refractivity contribution is 0.0698. The van der Waals surface area contributed by atoms with Crippen molar-refractivity contribution in [2.45, 2.75) is 0 Å². The molecule has 2 aromatic rings. The molecule has 0 fully saturated rings. The Morgan fingerprint density at radius 2 is 1.89 bits per heavy atom. The number of carbonyl (C=O) groups excluding carboxylic acids is 1. The summed E-state index contributed by atoms with van der Waals surface area (Å²) in [4.78, 5) is 22.8. The van der Waals surface area contributed by atoms with Gasteiger partial charge in [-0.3, -0.25) is 4.79 Å². The molecule has 1 heterocycles. The van der Waals surface area contributed by atoms with Crippen molar-refractivity contribution in [2.75, 3.05) is 5.32 Å². The van der Waals surface area contributed by atoms with Gasteiger partial charge in [-0.1, -0.05) is 23.7 Å². The van der Waals surface area contributed by atoms with Gasteiger partial charge in [-0.2, -0.15) is 0 Å². The third-order valence-electron chi connectivity index (χ3n) is 2.24. The number of hydrogen-bond donors (Lipinski definition) is 2. The SMILES string of the molecule is O=C(Nc1sccc1C(=O)O)c1ccccc1Cl. The molecule has 0 unspecified atom stereocenters. The number of rotatable bonds is 3. The Labute approximate surface area is 112 Å². The first-order valence-electron chi connectivity index (χ1n) is 4.96. The van der Waals surface area contributed by atoms with Crippen molar-refractivity contribution in [3.63, 3.8) is 0 Å². The molecule has 0 saturated heterocycles. The van der Waals surface area contributed by atoms with E-state index in [0.29, 0.717) is 15.6 Å². The number of thiophene rings is 1. The van der Waals surface area contributed by atoms with E-state index in [2.05, 4.69) is 5.32 Å². The zero-order chi connectivity index (χ0) is 13.1. The first-order chi connectivity index (χ1) is 8.59. The number of nitrogens with one attached hydrogen (secondary N) is 1. The Morgan fingerprint density at radius 3 is 2.56 bits per heavy atom. The lowest BCUT2D eigenvalue weighted by Crippen LogP contribution is -2.13. The molecule has 0 bridgehead atoms. The van der Waals surface area contributed by atoms with Crippen LogP contribution < -0.4 is 5.32 Å². The van der Waals surface area contributed by atoms with Crippen molar-refractivity contribution in [1.29, 1.82) is 0 Å². The maximum atomic E-state index is 11.9. The molecule has 4 nitrogen and oxygen atoms in total. The lowest BCUT2D eigenvalue weighted by atomic mass is 10.2. The fraction of sp³-hybridized carbons (Fsp3) is 0. The highest BCUT2D eigenvalue weighted by Gasteiger charge is 2.16. The van der Waals surface area contributed by atoms with E-state index in [-0.39, 0.29) is 5.56 Å². The van der Waals surface area contributed by atoms with Gasteiger partial charge in [-0.25, -0.2) is 4.79 Å². The zero-order valence-corrected chi connectivity index (χ0v) is 10.6. The second-order valence-electron chi connectivity index (χ2n) is 3.40. The summed E-state index contributed by atoms with van der Waals surface area (Å²) in [5.41, 5.74) is 0.379. The van der Waals surface area contributed by atoms with E-state index < -0.39 is 11.9 Å². The number of carboxylic acid groups (broad SMARTS) is 1. The Bertz CT molecular complexity index is 609. The third kappa shape index (κ3) is 2.52. The van der Waals surface area contributed by atoms with E-state index in [9.17, 15) is 9.59 Å². The predicted octanol–water partition coefficient (Wildman–Crippen LogP) is 3.35. The number of halogens is 1. The standard InChI is InChI=1S/C12H8ClNO3S/c13-9-4-2-1-3-7(9)10(15)14-11-8(12(16)17)5-6-18-11/h1-6H,(H,14,15)(H,16,17). The smallest absolute Gasteiger partial charge is 0.338 e. The largest absolute Gasteiger partial charge is 0.478 e. The number of anilines is 1. The molecule has 2 N–H and O–H groups in total. The summed E-state index contributed by atoms with van der Waals surface area (Å²) in [5.74, 6) is -1.50. The molecule has 0 spiro atoms. The molecule has 0 aliphatic carbocycles. The van der Waals surface area contributed by atoms with E-state index in [1.807, 2.05) is 0 Å². The molecular formula is C12H8ClNO3S. The summed E-state index contributed by atoms with van der Waals surface area (Å²) >= 11 is 7.04. The average molecular weight is 282 g/mol. The van der Waals surface area contributed by atoms with Crippen LogP contribution in [-0.2, 0) is 0 Å². The van der Waals surface area contributed by atoms with E-state index in [1.165, 1.54) is 6.07 Å². The van der Waals surface area contributed by atoms with E-state index in [0.717, 1.165) is 11.3 Å². The second-order valence-corrected chi connectivity index (χ2v) is 4.73. The van der Waals surface area contributed by atoms with Gasteiger partial charge in [0, 0.05) is 0 Å². The minimum atomic E-state index is -1.08. The maximum absolute atomic E-state index is 11.9. The van der Waals surface area contributed by atoms with Gasteiger partial charge in [0.1, 0.15) is 5.00 Å². The van der Waals surface area contributed by atoms with Gasteiger partial charge in [0.2, 0.25) is 0 Å². The Morgan fingerprint density at radius 1 is 1.17 bits per heavy atom. The van der Waals surface area contributed by atoms with Gasteiger partial charge in [-0.15, -0.1) is 11.3 Å². The van der Waals surface area contributed by atoms with Gasteiger partial charge < -0.3 is 10.4 Å². The molecule has 92 valence electrons. The number of hydrogen-bond acceptors (Lipinski definition) is 3. The van der Waals surface area contributed by atoms with Crippen LogP contribution in [0.15, 0.2) is 35.7 Å². The van der Waals surface area contributed by atoms with Crippen LogP contribution in [0.1, 0.15) is 20.7 Å². The molecule has 18 heavy (non-hydrogen) atoms. The number of amides is 1. The highest BCUT2D eigenvalue weighted by molar-refractivity contribution is 7.14. The topological polar surface area (TPSA) is 66.4 Å². The minimum Gasteiger partial charge on any atom is -0.478 e. The Balaban J connectivity index is 2.25. The molecular weight excluding hydrogens is 274 g/mol. The van der Waals surface area contributed by atoms with Crippen molar-refractivity contribution in [1.82, 2.24) is 0 Å². The van der Waals surface area contributed by atoms with Gasteiger partial charge in [0.05, 0.1) is 16.1 Å². The number of carbonyl (C=O) groups is 2. The highest BCUT2D eigenvalue weighted by atomic mass is 35.5. The molecule has 1 amide bonds. The van der Waals surface area contributed by atoms with Crippen LogP contribution in [0.2, 0.25) is 5.02 Å². The molecule has 1 aromatic heterocycles. The van der Waals surface area contributed by atoms with Crippen LogP contribution in [0.3, 0.4) is 0 Å². The second kappa shape index (κ2) is 5.20. The Kier molecular flexibility index (Phi) is 3.64. The lowest BCUT2D eigenvalue weighted by Gasteiger charge is -2.05. The molecule has 0 aliphatic heterocycles. The van der Waals surface area contributed by atoms with Crippen molar-refractivity contribution < 1.29 is 14.7 Å². The molecule has 1 aromatic carbocycles. The van der Waals surface area contributed by atoms with Crippen LogP contribution in [0, 0.1) is 0 Å². The van der Waals surface area contributed by atoms with Crippen LogP contribution in [0.25, 0.3) is 0 Å². The third-order valence-corrected chi connectivity index (χ3v) is 3.40. The van der Waals surface area contributed by atoms with Gasteiger partial charge in [-0.05, 0) is 23.6 Å². The monoisotopic (exact) mass is 281 g/mol. The first kappa shape index (κ1) is 12.6. The quantitative estimate of drug-likeness (QED) is 0.906. The fourth-order valence-electron chi connectivity index (χ4n) is 1.39. The summed E-state index contributed by atoms with van der Waals surface area (Å²) in [5, 5.41) is 13.7. The minimum absolute atomic E-state index is 0.0698. The summed E-state index contributed by atoms with van der Waals surface area (Å²) in [6, 6.07) is 8.02. The summed E-state index contributed by atoms with van der Waals surface area (Å²) in [6.45, 7) is 0. The normalized spacial score (nSPS) is 10.1. The fourth-order valence-corrected chi connectivity index (χ4v) is 2.39. The van der Waals surface area contributed by atoms with Crippen molar-refractivity contribution in [2.24, 2.45) is 0 Å². The summed E-state index contributed by atoms with van der Waals surface area (Å²) in [7, 11) is 0. The Hall–Kier alpha value is -1.85. The molecule has 6 heteroatoms. The van der Waals surface area contributed by atoms with Crippen molar-refractivity contribution in [3.05, 3.63) is 51.9 Å². The predicted molar refractivity (Wildman–Crippen MR) is 70.7 cm³/mol. The number of benzene rings is 1. The maximum Gasteiger partial charge on any atom is 0.338 e. The van der Waals surface area contributed by atoms with Gasteiger partial charge in [0.25, 0.3) is 5.91 Å². The molecule has 0 atom stereocenters. The van der Waals surface area contributed by atoms with Crippen LogP contribution in [0.5, 0.6) is 0 Å². The molecule has 2 rings (SSSR count). The van der Waals surface area contributed by atoms with Gasteiger partial charge in [0.15, 0.2) is 0 Å². The van der Waals surface area contributed by atoms with E-state index >= 15 is 0 Å². The van der Waals surface area contributed by atoms with Gasteiger partial charge >= 0.3 is 5.97 Å². The molecule has 0 aliphatic rings. The zero-order valence-electron chi connectivity index (χ0n) is 9.01. The van der Waals surface area contributed by atoms with Crippen LogP contribution >= 0.6 is 22.9 Å². The molecule has 0 saturated carbocycles. The van der Waals surface area contributed by atoms with E-state index in [1.54, 1.807) is 29.6 Å². The van der Waals surface area contributed by atoms with Crippen molar-refractivity contribution >= 4 is 39.8 Å². The van der Waals surface area contributed by atoms with E-state index in [4.69, 9.17) is 16.7 Å².